The van der Waals surface area contributed by atoms with Gasteiger partial charge in [-0.25, -0.2) is 9.59 Å². The summed E-state index contributed by atoms with van der Waals surface area (Å²) in [5.41, 5.74) is 0.534. The van der Waals surface area contributed by atoms with Crippen molar-refractivity contribution in [1.29, 1.82) is 0 Å². The van der Waals surface area contributed by atoms with Crippen molar-refractivity contribution >= 4 is 17.9 Å². The van der Waals surface area contributed by atoms with E-state index in [0.717, 1.165) is 0 Å². The minimum Gasteiger partial charge on any atom is -0.434 e. The zero-order chi connectivity index (χ0) is 14.1. The lowest BCUT2D eigenvalue weighted by Crippen LogP contribution is -2.30. The van der Waals surface area contributed by atoms with Gasteiger partial charge in [-0.2, -0.15) is 0 Å². The molecule has 1 rings (SSSR count). The van der Waals surface area contributed by atoms with E-state index < -0.39 is 12.2 Å². The number of rotatable bonds is 5. The number of amides is 2. The molecule has 7 nitrogen and oxygen atoms in total. The molecule has 19 heavy (non-hydrogen) atoms. The third-order valence-electron chi connectivity index (χ3n) is 1.97. The Labute approximate surface area is 110 Å². The van der Waals surface area contributed by atoms with Gasteiger partial charge in [0.05, 0.1) is 13.2 Å². The maximum absolute atomic E-state index is 11.3. The molecule has 0 fully saturated rings. The lowest BCUT2D eigenvalue weighted by molar-refractivity contribution is 0.104. The van der Waals surface area contributed by atoms with Gasteiger partial charge in [-0.1, -0.05) is 0 Å². The summed E-state index contributed by atoms with van der Waals surface area (Å²) in [6.45, 7) is 1.97. The Balaban J connectivity index is 2.47. The van der Waals surface area contributed by atoms with Crippen LogP contribution < -0.4 is 15.4 Å². The van der Waals surface area contributed by atoms with Crippen LogP contribution in [0, 0.1) is 0 Å². The van der Waals surface area contributed by atoms with E-state index in [4.69, 9.17) is 9.84 Å². The number of nitrogens with one attached hydrogen (secondary N) is 2. The lowest BCUT2D eigenvalue weighted by Gasteiger charge is -2.07. The lowest BCUT2D eigenvalue weighted by atomic mass is 10.3. The minimum atomic E-state index is -0.774. The van der Waals surface area contributed by atoms with Crippen molar-refractivity contribution in [2.75, 3.05) is 25.1 Å². The highest BCUT2D eigenvalue weighted by molar-refractivity contribution is 5.89. The molecule has 0 aliphatic carbocycles. The Kier molecular flexibility index (Phi) is 6.17. The van der Waals surface area contributed by atoms with Crippen molar-refractivity contribution in [3.05, 3.63) is 24.3 Å². The summed E-state index contributed by atoms with van der Waals surface area (Å²) in [5.74, 6) is 0.319. The molecular formula is C12H16N2O5. The summed E-state index contributed by atoms with van der Waals surface area (Å²) in [6.07, 6.45) is -0.774. The van der Waals surface area contributed by atoms with Gasteiger partial charge < -0.3 is 25.2 Å². The van der Waals surface area contributed by atoms with Gasteiger partial charge in [0, 0.05) is 12.2 Å². The van der Waals surface area contributed by atoms with Crippen molar-refractivity contribution in [1.82, 2.24) is 5.32 Å². The fourth-order valence-corrected chi connectivity index (χ4v) is 1.19. The van der Waals surface area contributed by atoms with Gasteiger partial charge in [0.2, 0.25) is 0 Å². The highest BCUT2D eigenvalue weighted by Gasteiger charge is 2.05. The summed E-state index contributed by atoms with van der Waals surface area (Å²) in [5, 5.41) is 13.5. The summed E-state index contributed by atoms with van der Waals surface area (Å²) in [6, 6.07) is 5.78. The molecule has 0 bridgehead atoms. The SMILES string of the molecule is CCOC(=O)Oc1ccc(NC(=O)NCCO)cc1. The van der Waals surface area contributed by atoms with Crippen LogP contribution in [-0.4, -0.2) is 37.1 Å². The maximum Gasteiger partial charge on any atom is 0.513 e. The topological polar surface area (TPSA) is 96.9 Å². The monoisotopic (exact) mass is 268 g/mol. The third-order valence-corrected chi connectivity index (χ3v) is 1.97. The van der Waals surface area contributed by atoms with Crippen molar-refractivity contribution in [3.8, 4) is 5.75 Å². The molecule has 7 heteroatoms. The van der Waals surface area contributed by atoms with Crippen LogP contribution in [0.2, 0.25) is 0 Å². The predicted octanol–water partition coefficient (Wildman–Crippen LogP) is 1.34. The zero-order valence-electron chi connectivity index (χ0n) is 10.5. The second-order valence-corrected chi connectivity index (χ2v) is 3.41. The van der Waals surface area contributed by atoms with Crippen molar-refractivity contribution in [2.24, 2.45) is 0 Å². The molecule has 0 saturated carbocycles. The van der Waals surface area contributed by atoms with Crippen LogP contribution in [0.4, 0.5) is 15.3 Å². The number of carbonyl (C=O) groups excluding carboxylic acids is 2. The molecule has 104 valence electrons. The second kappa shape index (κ2) is 7.93. The smallest absolute Gasteiger partial charge is 0.434 e. The normalized spacial score (nSPS) is 9.58. The largest absolute Gasteiger partial charge is 0.513 e. The Hall–Kier alpha value is -2.28. The first-order chi connectivity index (χ1) is 9.15. The number of urea groups is 1. The van der Waals surface area contributed by atoms with Crippen molar-refractivity contribution in [2.45, 2.75) is 6.92 Å². The van der Waals surface area contributed by atoms with E-state index in [2.05, 4.69) is 15.4 Å². The standard InChI is InChI=1S/C12H16N2O5/c1-2-18-12(17)19-10-5-3-9(4-6-10)14-11(16)13-7-8-15/h3-6,15H,2,7-8H2,1H3,(H2,13,14,16). The zero-order valence-corrected chi connectivity index (χ0v) is 10.5. The molecular weight excluding hydrogens is 252 g/mol. The van der Waals surface area contributed by atoms with Crippen LogP contribution in [0.1, 0.15) is 6.92 Å². The molecule has 2 amide bonds. The van der Waals surface area contributed by atoms with Crippen LogP contribution in [0.3, 0.4) is 0 Å². The number of anilines is 1. The highest BCUT2D eigenvalue weighted by atomic mass is 16.7. The van der Waals surface area contributed by atoms with Crippen LogP contribution in [0.15, 0.2) is 24.3 Å². The average Bonchev–Trinajstić information content (AvgIpc) is 2.39. The summed E-state index contributed by atoms with van der Waals surface area (Å²) < 4.78 is 9.48. The number of benzene rings is 1. The number of hydrogen-bond acceptors (Lipinski definition) is 5. The predicted molar refractivity (Wildman–Crippen MR) is 68.2 cm³/mol. The van der Waals surface area contributed by atoms with Gasteiger partial charge >= 0.3 is 12.2 Å². The molecule has 0 aliphatic heterocycles. The summed E-state index contributed by atoms with van der Waals surface area (Å²) in [4.78, 5) is 22.3. The van der Waals surface area contributed by atoms with Gasteiger partial charge in [-0.05, 0) is 31.2 Å². The molecule has 1 aromatic carbocycles. The van der Waals surface area contributed by atoms with Gasteiger partial charge in [0.15, 0.2) is 0 Å². The number of carbonyl (C=O) groups is 2. The number of aliphatic hydroxyl groups excluding tert-OH is 1. The molecule has 0 spiro atoms. The van der Waals surface area contributed by atoms with E-state index in [1.54, 1.807) is 19.1 Å². The molecule has 1 aromatic rings. The first kappa shape index (κ1) is 14.8. The van der Waals surface area contributed by atoms with Gasteiger partial charge in [0.25, 0.3) is 0 Å². The number of aliphatic hydroxyl groups is 1. The Morgan fingerprint density at radius 2 is 1.95 bits per heavy atom. The molecule has 0 unspecified atom stereocenters. The fraction of sp³-hybridized carbons (Fsp3) is 0.333. The maximum atomic E-state index is 11.3. The molecule has 0 saturated heterocycles. The van der Waals surface area contributed by atoms with E-state index in [9.17, 15) is 9.59 Å². The molecule has 0 aromatic heterocycles. The summed E-state index contributed by atoms with van der Waals surface area (Å²) in [7, 11) is 0. The van der Waals surface area contributed by atoms with Crippen LogP contribution in [0.25, 0.3) is 0 Å². The second-order valence-electron chi connectivity index (χ2n) is 3.41. The molecule has 0 radical (unpaired) electrons. The van der Waals surface area contributed by atoms with E-state index in [1.165, 1.54) is 12.1 Å². The highest BCUT2D eigenvalue weighted by Crippen LogP contribution is 2.16. The van der Waals surface area contributed by atoms with Crippen LogP contribution >= 0.6 is 0 Å². The Morgan fingerprint density at radius 3 is 2.53 bits per heavy atom. The molecule has 0 aliphatic rings. The van der Waals surface area contributed by atoms with E-state index in [1.807, 2.05) is 0 Å². The van der Waals surface area contributed by atoms with E-state index in [-0.39, 0.29) is 19.8 Å². The minimum absolute atomic E-state index is 0.125. The van der Waals surface area contributed by atoms with E-state index >= 15 is 0 Å². The first-order valence-electron chi connectivity index (χ1n) is 5.76. The van der Waals surface area contributed by atoms with Gasteiger partial charge in [-0.3, -0.25) is 0 Å². The average molecular weight is 268 g/mol. The van der Waals surface area contributed by atoms with E-state index in [0.29, 0.717) is 11.4 Å². The third kappa shape index (κ3) is 5.73. The van der Waals surface area contributed by atoms with Crippen LogP contribution in [-0.2, 0) is 4.74 Å². The summed E-state index contributed by atoms with van der Waals surface area (Å²) >= 11 is 0. The van der Waals surface area contributed by atoms with Crippen LogP contribution in [0.5, 0.6) is 5.75 Å². The number of ether oxygens (including phenoxy) is 2. The van der Waals surface area contributed by atoms with Crippen molar-refractivity contribution in [3.63, 3.8) is 0 Å². The Morgan fingerprint density at radius 1 is 1.26 bits per heavy atom. The molecule has 0 heterocycles. The number of hydrogen-bond donors (Lipinski definition) is 3. The quantitative estimate of drug-likeness (QED) is 0.553. The van der Waals surface area contributed by atoms with Gasteiger partial charge in [0.1, 0.15) is 5.75 Å². The van der Waals surface area contributed by atoms with Crippen molar-refractivity contribution < 1.29 is 24.2 Å². The van der Waals surface area contributed by atoms with Gasteiger partial charge in [-0.15, -0.1) is 0 Å². The molecule has 3 N–H and O–H groups in total. The Bertz CT molecular complexity index is 419. The molecule has 0 atom stereocenters. The first-order valence-corrected chi connectivity index (χ1v) is 5.76. The fourth-order valence-electron chi connectivity index (χ4n) is 1.19.